The Morgan fingerprint density at radius 2 is 0.475 bits per heavy atom. The summed E-state index contributed by atoms with van der Waals surface area (Å²) >= 11 is 0. The van der Waals surface area contributed by atoms with Gasteiger partial charge in [0.1, 0.15) is 13.2 Å². The largest absolute Gasteiger partial charge is 0.462 e. The molecule has 0 heterocycles. The first-order valence-corrected chi connectivity index (χ1v) is 27.1. The van der Waals surface area contributed by atoms with Crippen molar-refractivity contribution in [2.24, 2.45) is 17.8 Å². The molecule has 1 atom stereocenters. The Labute approximate surface area is 380 Å². The summed E-state index contributed by atoms with van der Waals surface area (Å²) < 4.78 is 16.8. The van der Waals surface area contributed by atoms with E-state index in [1.165, 1.54) is 180 Å². The maximum Gasteiger partial charge on any atom is 0.306 e. The van der Waals surface area contributed by atoms with Gasteiger partial charge in [-0.3, -0.25) is 14.4 Å². The minimum Gasteiger partial charge on any atom is -0.462 e. The van der Waals surface area contributed by atoms with Crippen molar-refractivity contribution in [2.45, 2.75) is 304 Å². The molecule has 0 N–H and O–H groups in total. The van der Waals surface area contributed by atoms with E-state index in [1.54, 1.807) is 0 Å². The van der Waals surface area contributed by atoms with E-state index in [4.69, 9.17) is 14.2 Å². The monoisotopic (exact) mass is 863 g/mol. The molecule has 0 bridgehead atoms. The highest BCUT2D eigenvalue weighted by atomic mass is 16.6. The normalized spacial score (nSPS) is 12.1. The second-order valence-electron chi connectivity index (χ2n) is 20.3. The number of ether oxygens (including phenoxy) is 3. The molecule has 61 heavy (non-hydrogen) atoms. The van der Waals surface area contributed by atoms with Gasteiger partial charge in [0.25, 0.3) is 0 Å². The fourth-order valence-corrected chi connectivity index (χ4v) is 8.29. The molecular weight excluding hydrogens is 757 g/mol. The fraction of sp³-hybridized carbons (Fsp3) is 0.945. The van der Waals surface area contributed by atoms with E-state index in [9.17, 15) is 14.4 Å². The molecule has 362 valence electrons. The number of carbonyl (C=O) groups excluding carboxylic acids is 3. The Kier molecular flexibility index (Phi) is 45.2. The number of esters is 3. The molecule has 0 rings (SSSR count). The molecule has 0 saturated carbocycles. The van der Waals surface area contributed by atoms with E-state index in [0.717, 1.165) is 75.5 Å². The summed E-state index contributed by atoms with van der Waals surface area (Å²) in [4.78, 5) is 38.0. The smallest absolute Gasteiger partial charge is 0.306 e. The highest BCUT2D eigenvalue weighted by Gasteiger charge is 2.19. The van der Waals surface area contributed by atoms with Crippen LogP contribution in [0.3, 0.4) is 0 Å². The standard InChI is InChI=1S/C55H106O6/c1-49(2)41-35-29-23-17-11-7-9-13-20-26-32-38-44-53(56)59-47-52(48-60-54(57)45-39-33-27-21-16-15-19-25-31-37-43-51(5)6)61-55(58)46-40-34-28-22-14-10-8-12-18-24-30-36-42-50(3)4/h49-52H,7-48H2,1-6H3/t52-/m1/s1. The third kappa shape index (κ3) is 49.3. The summed E-state index contributed by atoms with van der Waals surface area (Å²) in [6.07, 6.45) is 46.6. The van der Waals surface area contributed by atoms with Gasteiger partial charge in [-0.1, -0.05) is 260 Å². The lowest BCUT2D eigenvalue weighted by atomic mass is 10.0. The van der Waals surface area contributed by atoms with Crippen LogP contribution in [-0.4, -0.2) is 37.2 Å². The lowest BCUT2D eigenvalue weighted by molar-refractivity contribution is -0.167. The van der Waals surface area contributed by atoms with Crippen LogP contribution in [0.4, 0.5) is 0 Å². The van der Waals surface area contributed by atoms with Crippen LogP contribution < -0.4 is 0 Å². The average Bonchev–Trinajstić information content (AvgIpc) is 3.22. The fourth-order valence-electron chi connectivity index (χ4n) is 8.29. The highest BCUT2D eigenvalue weighted by Crippen LogP contribution is 2.18. The zero-order valence-electron chi connectivity index (χ0n) is 42.0. The van der Waals surface area contributed by atoms with Gasteiger partial charge >= 0.3 is 17.9 Å². The van der Waals surface area contributed by atoms with E-state index >= 15 is 0 Å². The minimum absolute atomic E-state index is 0.0642. The summed E-state index contributed by atoms with van der Waals surface area (Å²) in [6, 6.07) is 0. The molecule has 0 radical (unpaired) electrons. The maximum absolute atomic E-state index is 12.8. The van der Waals surface area contributed by atoms with Crippen LogP contribution in [0.25, 0.3) is 0 Å². The van der Waals surface area contributed by atoms with Gasteiger partial charge in [0.05, 0.1) is 0 Å². The second kappa shape index (κ2) is 46.4. The highest BCUT2D eigenvalue weighted by molar-refractivity contribution is 5.71. The van der Waals surface area contributed by atoms with Gasteiger partial charge in [0.2, 0.25) is 0 Å². The lowest BCUT2D eigenvalue weighted by Gasteiger charge is -2.18. The van der Waals surface area contributed by atoms with Gasteiger partial charge in [0.15, 0.2) is 6.10 Å². The summed E-state index contributed by atoms with van der Waals surface area (Å²) in [5.74, 6) is 1.64. The van der Waals surface area contributed by atoms with Crippen molar-refractivity contribution in [1.29, 1.82) is 0 Å². The van der Waals surface area contributed by atoms with Crippen LogP contribution in [0.15, 0.2) is 0 Å². The molecule has 0 aliphatic heterocycles. The predicted molar refractivity (Wildman–Crippen MR) is 261 cm³/mol. The van der Waals surface area contributed by atoms with E-state index in [0.29, 0.717) is 19.3 Å². The zero-order chi connectivity index (χ0) is 44.9. The molecule has 0 aromatic carbocycles. The number of unbranched alkanes of at least 4 members (excludes halogenated alkanes) is 31. The molecule has 0 aliphatic carbocycles. The summed E-state index contributed by atoms with van der Waals surface area (Å²) in [6.45, 7) is 13.7. The first kappa shape index (κ1) is 59.4. The topological polar surface area (TPSA) is 78.9 Å². The summed E-state index contributed by atoms with van der Waals surface area (Å²) in [5, 5.41) is 0. The van der Waals surface area contributed by atoms with Crippen molar-refractivity contribution in [3.05, 3.63) is 0 Å². The molecule has 0 unspecified atom stereocenters. The number of hydrogen-bond acceptors (Lipinski definition) is 6. The first-order valence-electron chi connectivity index (χ1n) is 27.1. The molecule has 6 nitrogen and oxygen atoms in total. The van der Waals surface area contributed by atoms with E-state index in [-0.39, 0.29) is 31.1 Å². The van der Waals surface area contributed by atoms with Gasteiger partial charge in [-0.05, 0) is 37.0 Å². The van der Waals surface area contributed by atoms with Crippen molar-refractivity contribution >= 4 is 17.9 Å². The molecule has 0 aliphatic rings. The van der Waals surface area contributed by atoms with Crippen molar-refractivity contribution in [3.8, 4) is 0 Å². The van der Waals surface area contributed by atoms with Gasteiger partial charge in [0, 0.05) is 19.3 Å². The SMILES string of the molecule is CC(C)CCCCCCCCCCCCCCC(=O)OC[C@H](COC(=O)CCCCCCCCCCCCC(C)C)OC(=O)CCCCCCCCCCCCCCC(C)C. The van der Waals surface area contributed by atoms with Crippen LogP contribution in [0.1, 0.15) is 298 Å². The quantitative estimate of drug-likeness (QED) is 0.0344. The predicted octanol–water partition coefficient (Wildman–Crippen LogP) is 17.6. The van der Waals surface area contributed by atoms with Gasteiger partial charge in [-0.25, -0.2) is 0 Å². The van der Waals surface area contributed by atoms with Crippen LogP contribution >= 0.6 is 0 Å². The van der Waals surface area contributed by atoms with Crippen LogP contribution in [0.2, 0.25) is 0 Å². The van der Waals surface area contributed by atoms with Crippen LogP contribution in [0.5, 0.6) is 0 Å². The van der Waals surface area contributed by atoms with Gasteiger partial charge in [-0.15, -0.1) is 0 Å². The van der Waals surface area contributed by atoms with Crippen molar-refractivity contribution in [3.63, 3.8) is 0 Å². The third-order valence-electron chi connectivity index (χ3n) is 12.4. The van der Waals surface area contributed by atoms with Crippen molar-refractivity contribution in [2.75, 3.05) is 13.2 Å². The van der Waals surface area contributed by atoms with E-state index < -0.39 is 6.10 Å². The molecule has 0 spiro atoms. The third-order valence-corrected chi connectivity index (χ3v) is 12.4. The Bertz CT molecular complexity index is 945. The first-order chi connectivity index (χ1) is 29.6. The number of carbonyl (C=O) groups is 3. The zero-order valence-corrected chi connectivity index (χ0v) is 42.0. The lowest BCUT2D eigenvalue weighted by Crippen LogP contribution is -2.30. The second-order valence-corrected chi connectivity index (χ2v) is 20.3. The van der Waals surface area contributed by atoms with Crippen molar-refractivity contribution in [1.82, 2.24) is 0 Å². The maximum atomic E-state index is 12.8. The molecular formula is C55H106O6. The Morgan fingerprint density at radius 3 is 0.705 bits per heavy atom. The molecule has 0 saturated heterocycles. The molecule has 0 amide bonds. The Balaban J connectivity index is 4.32. The average molecular weight is 863 g/mol. The summed E-state index contributed by atoms with van der Waals surface area (Å²) in [5.41, 5.74) is 0. The molecule has 6 heteroatoms. The number of hydrogen-bond donors (Lipinski definition) is 0. The van der Waals surface area contributed by atoms with Crippen LogP contribution in [0, 0.1) is 17.8 Å². The Hall–Kier alpha value is -1.59. The minimum atomic E-state index is -0.763. The Morgan fingerprint density at radius 1 is 0.279 bits per heavy atom. The van der Waals surface area contributed by atoms with E-state index in [2.05, 4.69) is 41.5 Å². The van der Waals surface area contributed by atoms with Gasteiger partial charge in [-0.2, -0.15) is 0 Å². The molecule has 0 fully saturated rings. The molecule has 0 aromatic rings. The van der Waals surface area contributed by atoms with Crippen molar-refractivity contribution < 1.29 is 28.6 Å². The van der Waals surface area contributed by atoms with Gasteiger partial charge < -0.3 is 14.2 Å². The summed E-state index contributed by atoms with van der Waals surface area (Å²) in [7, 11) is 0. The number of rotatable bonds is 48. The van der Waals surface area contributed by atoms with Crippen LogP contribution in [-0.2, 0) is 28.6 Å². The molecule has 0 aromatic heterocycles. The van der Waals surface area contributed by atoms with E-state index in [1.807, 2.05) is 0 Å².